The van der Waals surface area contributed by atoms with Gasteiger partial charge in [-0.05, 0) is 54.4 Å². The van der Waals surface area contributed by atoms with Gasteiger partial charge in [0.1, 0.15) is 4.21 Å². The van der Waals surface area contributed by atoms with Gasteiger partial charge in [-0.25, -0.2) is 12.8 Å². The van der Waals surface area contributed by atoms with Gasteiger partial charge in [-0.1, -0.05) is 48.0 Å². The fourth-order valence-electron chi connectivity index (χ4n) is 4.27. The van der Waals surface area contributed by atoms with Gasteiger partial charge >= 0.3 is 0 Å². The molecule has 1 atom stereocenters. The monoisotopic (exact) mass is 551 g/mol. The Kier molecular flexibility index (Phi) is 8.13. The summed E-state index contributed by atoms with van der Waals surface area (Å²) in [7, 11) is -2.40. The predicted molar refractivity (Wildman–Crippen MR) is 140 cm³/mol. The van der Waals surface area contributed by atoms with E-state index in [4.69, 9.17) is 11.6 Å². The van der Waals surface area contributed by atoms with Crippen molar-refractivity contribution in [2.45, 2.75) is 29.4 Å². The summed E-state index contributed by atoms with van der Waals surface area (Å²) in [5.74, 6) is -3.73. The fraction of sp³-hybridized carbons (Fsp3) is 0.320. The van der Waals surface area contributed by atoms with Crippen LogP contribution in [0.15, 0.2) is 64.9 Å². The molecule has 0 radical (unpaired) electrons. The quantitative estimate of drug-likeness (QED) is 0.388. The Hall–Kier alpha value is -2.34. The van der Waals surface area contributed by atoms with Gasteiger partial charge in [-0.2, -0.15) is 4.72 Å². The predicted octanol–water partition coefficient (Wildman–Crippen LogP) is 4.26. The van der Waals surface area contributed by atoms with Crippen LogP contribution in [0.4, 0.5) is 10.1 Å². The lowest BCUT2D eigenvalue weighted by atomic mass is 9.97. The Balaban J connectivity index is 1.65. The molecule has 36 heavy (non-hydrogen) atoms. The van der Waals surface area contributed by atoms with E-state index in [0.717, 1.165) is 28.0 Å². The topological polar surface area (TPSA) is 89.9 Å². The number of anilines is 1. The number of hydrogen-bond acceptors (Lipinski definition) is 6. The van der Waals surface area contributed by atoms with E-state index < -0.39 is 21.7 Å². The number of sulfonamides is 1. The molecule has 3 aromatic rings. The summed E-state index contributed by atoms with van der Waals surface area (Å²) in [4.78, 5) is 16.5. The Morgan fingerprint density at radius 1 is 1.19 bits per heavy atom. The number of carbonyl (C=O) groups is 1. The van der Waals surface area contributed by atoms with E-state index in [1.54, 1.807) is 6.07 Å². The van der Waals surface area contributed by atoms with Gasteiger partial charge in [-0.15, -0.1) is 11.3 Å². The summed E-state index contributed by atoms with van der Waals surface area (Å²) in [5.41, 5.74) is 3.32. The second kappa shape index (κ2) is 11.0. The maximum Gasteiger partial charge on any atom is 0.280 e. The zero-order chi connectivity index (χ0) is 25.9. The first-order valence-corrected chi connectivity index (χ1v) is 14.1. The molecule has 0 spiro atoms. The van der Waals surface area contributed by atoms with E-state index in [9.17, 15) is 18.3 Å². The van der Waals surface area contributed by atoms with Gasteiger partial charge in [0, 0.05) is 31.7 Å². The molecule has 1 aliphatic heterocycles. The van der Waals surface area contributed by atoms with Crippen molar-refractivity contribution in [1.29, 1.82) is 0 Å². The molecule has 1 saturated heterocycles. The first-order chi connectivity index (χ1) is 17.1. The average molecular weight is 552 g/mol. The lowest BCUT2D eigenvalue weighted by Crippen LogP contribution is -2.60. The van der Waals surface area contributed by atoms with E-state index in [1.165, 1.54) is 17.0 Å². The number of hydrogen-bond donors (Lipinski definition) is 2. The highest BCUT2D eigenvalue weighted by Crippen LogP contribution is 2.34. The minimum atomic E-state index is -4.28. The number of thiophene rings is 1. The third-order valence-electron chi connectivity index (χ3n) is 6.00. The van der Waals surface area contributed by atoms with Gasteiger partial charge in [-0.3, -0.25) is 9.69 Å². The van der Waals surface area contributed by atoms with E-state index >= 15 is 4.39 Å². The molecule has 1 aliphatic rings. The summed E-state index contributed by atoms with van der Waals surface area (Å²) in [6.07, 6.45) is 0.00497. The van der Waals surface area contributed by atoms with Crippen LogP contribution in [0, 0.1) is 0 Å². The fourth-order valence-corrected chi connectivity index (χ4v) is 6.98. The van der Waals surface area contributed by atoms with Crippen LogP contribution in [0.25, 0.3) is 11.1 Å². The molecule has 1 fully saturated rings. The molecule has 0 bridgehead atoms. The molecule has 192 valence electrons. The van der Waals surface area contributed by atoms with E-state index in [2.05, 4.69) is 0 Å². The lowest BCUT2D eigenvalue weighted by molar-refractivity contribution is -0.133. The van der Waals surface area contributed by atoms with Crippen molar-refractivity contribution in [3.63, 3.8) is 0 Å². The Labute approximate surface area is 219 Å². The smallest absolute Gasteiger partial charge is 0.280 e. The maximum absolute atomic E-state index is 15.9. The van der Waals surface area contributed by atoms with Crippen molar-refractivity contribution in [3.05, 3.63) is 70.6 Å². The molecule has 11 heteroatoms. The highest BCUT2D eigenvalue weighted by molar-refractivity contribution is 7.91. The van der Waals surface area contributed by atoms with Gasteiger partial charge in [0.05, 0.1) is 10.9 Å². The van der Waals surface area contributed by atoms with Crippen LogP contribution < -0.4 is 9.62 Å². The number of amides is 1. The van der Waals surface area contributed by atoms with Crippen molar-refractivity contribution in [1.82, 2.24) is 9.62 Å². The maximum atomic E-state index is 15.9. The molecule has 2 aromatic carbocycles. The molecule has 2 N–H and O–H groups in total. The third-order valence-corrected chi connectivity index (χ3v) is 9.20. The zero-order valence-corrected chi connectivity index (χ0v) is 22.0. The number of aliphatic hydroxyl groups is 1. The number of nitrogens with zero attached hydrogens (tertiary/aromatic N) is 2. The minimum absolute atomic E-state index is 0.00143. The minimum Gasteiger partial charge on any atom is -0.395 e. The Morgan fingerprint density at radius 3 is 2.61 bits per heavy atom. The van der Waals surface area contributed by atoms with Crippen LogP contribution in [-0.2, 0) is 21.4 Å². The molecular weight excluding hydrogens is 525 g/mol. The standard InChI is InChI=1S/C25H27ClFN3O4S2/c1-29(14-15-31)17-19-16-20(8-9-21(19)18-6-3-2-4-7-18)30-13-5-12-25(27,24(30)32)28-36(33,34)23-11-10-22(26)35-23/h2-4,6-11,16,28,31H,5,12-15,17H2,1H3. The number of nitrogens with one attached hydrogen (secondary N) is 1. The van der Waals surface area contributed by atoms with Crippen LogP contribution >= 0.6 is 22.9 Å². The molecule has 2 heterocycles. The van der Waals surface area contributed by atoms with Crippen molar-refractivity contribution in [2.75, 3.05) is 31.6 Å². The van der Waals surface area contributed by atoms with Crippen LogP contribution in [-0.4, -0.2) is 56.9 Å². The number of halogens is 2. The summed E-state index contributed by atoms with van der Waals surface area (Å²) in [6.45, 7) is 1.21. The molecule has 1 amide bonds. The second-order valence-electron chi connectivity index (χ2n) is 8.69. The molecule has 4 rings (SSSR count). The number of carbonyl (C=O) groups excluding carboxylic acids is 1. The normalized spacial score (nSPS) is 18.7. The van der Waals surface area contributed by atoms with Crippen molar-refractivity contribution in [2.24, 2.45) is 0 Å². The molecule has 0 aliphatic carbocycles. The number of piperidine rings is 1. The Bertz CT molecular complexity index is 1340. The van der Waals surface area contributed by atoms with Crippen LogP contribution in [0.2, 0.25) is 4.34 Å². The van der Waals surface area contributed by atoms with E-state index in [0.29, 0.717) is 18.8 Å². The lowest BCUT2D eigenvalue weighted by Gasteiger charge is -2.36. The first-order valence-electron chi connectivity index (χ1n) is 11.4. The second-order valence-corrected chi connectivity index (χ2v) is 12.3. The number of likely N-dealkylation sites (N-methyl/N-ethyl adjacent to an activating group) is 1. The highest BCUT2D eigenvalue weighted by atomic mass is 35.5. The van der Waals surface area contributed by atoms with Crippen molar-refractivity contribution in [3.8, 4) is 11.1 Å². The zero-order valence-electron chi connectivity index (χ0n) is 19.7. The van der Waals surface area contributed by atoms with Gasteiger partial charge in [0.15, 0.2) is 0 Å². The third kappa shape index (κ3) is 5.80. The van der Waals surface area contributed by atoms with E-state index in [-0.39, 0.29) is 34.5 Å². The summed E-state index contributed by atoms with van der Waals surface area (Å²) >= 11 is 6.64. The summed E-state index contributed by atoms with van der Waals surface area (Å²) < 4.78 is 43.5. The molecular formula is C25H27ClFN3O4S2. The van der Waals surface area contributed by atoms with E-state index in [1.807, 2.05) is 59.1 Å². The van der Waals surface area contributed by atoms with Gasteiger partial charge in [0.2, 0.25) is 0 Å². The van der Waals surface area contributed by atoms with Crippen LogP contribution in [0.5, 0.6) is 0 Å². The SMILES string of the molecule is CN(CCO)Cc1cc(N2CCCC(F)(NS(=O)(=O)c3ccc(Cl)s3)C2=O)ccc1-c1ccccc1. The number of alkyl halides is 1. The number of rotatable bonds is 9. The van der Waals surface area contributed by atoms with Gasteiger partial charge < -0.3 is 10.0 Å². The Morgan fingerprint density at radius 2 is 1.94 bits per heavy atom. The van der Waals surface area contributed by atoms with Gasteiger partial charge in [0.25, 0.3) is 21.7 Å². The molecule has 0 saturated carbocycles. The molecule has 7 nitrogen and oxygen atoms in total. The molecule has 1 aromatic heterocycles. The largest absolute Gasteiger partial charge is 0.395 e. The summed E-state index contributed by atoms with van der Waals surface area (Å²) in [6, 6.07) is 17.9. The number of aliphatic hydroxyl groups excluding tert-OH is 1. The highest BCUT2D eigenvalue weighted by Gasteiger charge is 2.48. The van der Waals surface area contributed by atoms with Crippen LogP contribution in [0.3, 0.4) is 0 Å². The first kappa shape index (κ1) is 26.7. The molecule has 1 unspecified atom stereocenters. The average Bonchev–Trinajstić information content (AvgIpc) is 3.29. The summed E-state index contributed by atoms with van der Waals surface area (Å²) in [5, 5.41) is 9.33. The van der Waals surface area contributed by atoms with Crippen molar-refractivity contribution >= 4 is 44.6 Å². The number of benzene rings is 2. The van der Waals surface area contributed by atoms with Crippen LogP contribution in [0.1, 0.15) is 18.4 Å². The van der Waals surface area contributed by atoms with Crippen molar-refractivity contribution < 1.29 is 22.7 Å².